The van der Waals surface area contributed by atoms with Crippen molar-refractivity contribution in [3.8, 4) is 0 Å². The van der Waals surface area contributed by atoms with Crippen LogP contribution in [0.15, 0.2) is 12.3 Å². The van der Waals surface area contributed by atoms with Crippen molar-refractivity contribution in [1.29, 1.82) is 0 Å². The van der Waals surface area contributed by atoms with Crippen molar-refractivity contribution in [2.45, 2.75) is 32.4 Å². The number of nitro groups is 1. The molecule has 1 amide bonds. The van der Waals surface area contributed by atoms with Gasteiger partial charge in [0, 0.05) is 30.9 Å². The molecular formula is C13H17ClN4O4. The summed E-state index contributed by atoms with van der Waals surface area (Å²) < 4.78 is 0. The van der Waals surface area contributed by atoms with Gasteiger partial charge in [-0.05, 0) is 19.3 Å². The van der Waals surface area contributed by atoms with Gasteiger partial charge in [-0.25, -0.2) is 9.78 Å². The molecule has 0 saturated carbocycles. The maximum Gasteiger partial charge on any atom is 0.407 e. The molecule has 8 nitrogen and oxygen atoms in total. The van der Waals surface area contributed by atoms with Gasteiger partial charge >= 0.3 is 11.8 Å². The van der Waals surface area contributed by atoms with Crippen molar-refractivity contribution in [1.82, 2.24) is 9.88 Å². The lowest BCUT2D eigenvalue weighted by Gasteiger charge is -2.40. The van der Waals surface area contributed by atoms with Gasteiger partial charge in [-0.3, -0.25) is 10.1 Å². The van der Waals surface area contributed by atoms with Gasteiger partial charge in [0.1, 0.15) is 0 Å². The Hall–Kier alpha value is -2.09. The number of piperidine rings is 1. The molecule has 2 N–H and O–H groups in total. The van der Waals surface area contributed by atoms with E-state index in [1.54, 1.807) is 0 Å². The first kappa shape index (κ1) is 16.3. The number of carbonyl (C=O) groups is 1. The van der Waals surface area contributed by atoms with E-state index in [9.17, 15) is 14.9 Å². The Bertz CT molecular complexity index is 597. The Morgan fingerprint density at radius 3 is 2.86 bits per heavy atom. The molecule has 1 saturated heterocycles. The molecule has 1 aliphatic rings. The molecule has 2 heterocycles. The normalized spacial score (nSPS) is 24.9. The van der Waals surface area contributed by atoms with Crippen molar-refractivity contribution in [3.63, 3.8) is 0 Å². The Labute approximate surface area is 132 Å². The summed E-state index contributed by atoms with van der Waals surface area (Å²) in [5.41, 5.74) is -0.187. The number of nitrogens with one attached hydrogen (secondary N) is 1. The smallest absolute Gasteiger partial charge is 0.407 e. The van der Waals surface area contributed by atoms with Crippen LogP contribution in [0, 0.1) is 16.0 Å². The van der Waals surface area contributed by atoms with Crippen molar-refractivity contribution >= 4 is 29.2 Å². The summed E-state index contributed by atoms with van der Waals surface area (Å²) in [4.78, 5) is 27.1. The summed E-state index contributed by atoms with van der Waals surface area (Å²) in [6.07, 6.45) is 0.945. The molecule has 22 heavy (non-hydrogen) atoms. The minimum atomic E-state index is -0.951. The third kappa shape index (κ3) is 3.38. The fourth-order valence-corrected chi connectivity index (χ4v) is 2.82. The summed E-state index contributed by atoms with van der Waals surface area (Å²) in [6, 6.07) is 0.979. The number of pyridine rings is 1. The van der Waals surface area contributed by atoms with E-state index in [2.05, 4.69) is 10.3 Å². The van der Waals surface area contributed by atoms with Gasteiger partial charge in [-0.2, -0.15) is 0 Å². The van der Waals surface area contributed by atoms with Crippen molar-refractivity contribution < 1.29 is 14.8 Å². The number of likely N-dealkylation sites (tertiary alicyclic amines) is 1. The lowest BCUT2D eigenvalue weighted by molar-refractivity contribution is -0.384. The van der Waals surface area contributed by atoms with Gasteiger partial charge in [0.05, 0.1) is 9.95 Å². The van der Waals surface area contributed by atoms with Gasteiger partial charge in [0.15, 0.2) is 0 Å². The highest BCUT2D eigenvalue weighted by Crippen LogP contribution is 2.30. The van der Waals surface area contributed by atoms with Crippen LogP contribution in [0.4, 0.5) is 16.3 Å². The third-order valence-electron chi connectivity index (χ3n) is 3.90. The summed E-state index contributed by atoms with van der Waals surface area (Å²) in [5, 5.41) is 23.5. The van der Waals surface area contributed by atoms with Gasteiger partial charge in [-0.15, -0.1) is 0 Å². The molecule has 1 fully saturated rings. The van der Waals surface area contributed by atoms with Crippen molar-refractivity contribution in [2.24, 2.45) is 5.92 Å². The number of hydrogen-bond acceptors (Lipinski definition) is 5. The predicted octanol–water partition coefficient (Wildman–Crippen LogP) is 2.83. The van der Waals surface area contributed by atoms with Crippen LogP contribution in [-0.2, 0) is 0 Å². The van der Waals surface area contributed by atoms with E-state index in [1.807, 2.05) is 13.8 Å². The third-order valence-corrected chi connectivity index (χ3v) is 4.10. The van der Waals surface area contributed by atoms with Crippen LogP contribution in [0.2, 0.25) is 5.02 Å². The molecule has 1 unspecified atom stereocenters. The number of hydrogen-bond donors (Lipinski definition) is 2. The molecule has 1 aliphatic heterocycles. The van der Waals surface area contributed by atoms with E-state index < -0.39 is 11.0 Å². The predicted molar refractivity (Wildman–Crippen MR) is 81.3 cm³/mol. The second kappa shape index (κ2) is 6.35. The maximum absolute atomic E-state index is 11.1. The Morgan fingerprint density at radius 2 is 2.27 bits per heavy atom. The zero-order chi connectivity index (χ0) is 16.4. The molecule has 0 radical (unpaired) electrons. The van der Waals surface area contributed by atoms with Crippen molar-refractivity contribution in [2.75, 3.05) is 11.9 Å². The van der Waals surface area contributed by atoms with E-state index in [-0.39, 0.29) is 34.5 Å². The van der Waals surface area contributed by atoms with Gasteiger partial charge < -0.3 is 15.3 Å². The first-order chi connectivity index (χ1) is 10.3. The molecule has 0 aromatic carbocycles. The van der Waals surface area contributed by atoms with Gasteiger partial charge in [0.25, 0.3) is 0 Å². The number of nitrogens with zero attached hydrogens (tertiary/aromatic N) is 3. The topological polar surface area (TPSA) is 109 Å². The fraction of sp³-hybridized carbons (Fsp3) is 0.538. The second-order valence-corrected chi connectivity index (χ2v) is 5.96. The Balaban J connectivity index is 2.18. The van der Waals surface area contributed by atoms with Gasteiger partial charge in [-0.1, -0.05) is 18.5 Å². The van der Waals surface area contributed by atoms with E-state index in [1.165, 1.54) is 17.2 Å². The Kier molecular flexibility index (Phi) is 4.70. The molecule has 120 valence electrons. The summed E-state index contributed by atoms with van der Waals surface area (Å²) in [7, 11) is 0. The molecule has 3 atom stereocenters. The number of aromatic nitrogens is 1. The molecule has 0 spiro atoms. The fourth-order valence-electron chi connectivity index (χ4n) is 2.67. The van der Waals surface area contributed by atoms with Crippen molar-refractivity contribution in [3.05, 3.63) is 27.4 Å². The first-order valence-corrected chi connectivity index (χ1v) is 7.23. The molecule has 1 aromatic rings. The van der Waals surface area contributed by atoms with Crippen LogP contribution in [0.25, 0.3) is 0 Å². The van der Waals surface area contributed by atoms with Gasteiger partial charge in [0.2, 0.25) is 5.82 Å². The number of anilines is 1. The average molecular weight is 329 g/mol. The highest BCUT2D eigenvalue weighted by atomic mass is 35.5. The van der Waals surface area contributed by atoms with Crippen LogP contribution in [0.1, 0.15) is 20.3 Å². The molecule has 0 aliphatic carbocycles. The minimum absolute atomic E-state index is 0.00406. The zero-order valence-electron chi connectivity index (χ0n) is 12.2. The molecule has 2 rings (SSSR count). The highest BCUT2D eigenvalue weighted by Gasteiger charge is 2.34. The van der Waals surface area contributed by atoms with E-state index in [0.717, 1.165) is 0 Å². The van der Waals surface area contributed by atoms with Crippen LogP contribution in [-0.4, -0.2) is 44.6 Å². The monoisotopic (exact) mass is 328 g/mol. The summed E-state index contributed by atoms with van der Waals surface area (Å²) in [6.45, 7) is 4.09. The average Bonchev–Trinajstić information content (AvgIpc) is 2.43. The van der Waals surface area contributed by atoms with Crippen LogP contribution >= 0.6 is 11.6 Å². The van der Waals surface area contributed by atoms with E-state index in [4.69, 9.17) is 16.7 Å². The number of halogens is 1. The largest absolute Gasteiger partial charge is 0.465 e. The number of amides is 1. The number of rotatable bonds is 3. The first-order valence-electron chi connectivity index (χ1n) is 6.85. The molecule has 1 aromatic heterocycles. The lowest BCUT2D eigenvalue weighted by atomic mass is 9.89. The standard InChI is InChI=1S/C13H17ClN4O4/c1-7-6-17(13(19)20)8(2)3-10(7)16-12-11(18(21)22)4-9(14)5-15-12/h4-5,7-8,10H,3,6H2,1-2H3,(H,15,16)(H,19,20)/t7-,8+,10?/m0/s1. The molecule has 0 bridgehead atoms. The minimum Gasteiger partial charge on any atom is -0.465 e. The maximum atomic E-state index is 11.1. The van der Waals surface area contributed by atoms with E-state index in [0.29, 0.717) is 13.0 Å². The SMILES string of the molecule is C[C@@H]1CC(Nc2ncc(Cl)cc2[N+](=O)[O-])[C@@H](C)CN1C(=O)O. The van der Waals surface area contributed by atoms with Crippen LogP contribution in [0.3, 0.4) is 0 Å². The number of carboxylic acid groups (broad SMARTS) is 1. The zero-order valence-corrected chi connectivity index (χ0v) is 12.9. The highest BCUT2D eigenvalue weighted by molar-refractivity contribution is 6.30. The van der Waals surface area contributed by atoms with Crippen LogP contribution < -0.4 is 5.32 Å². The summed E-state index contributed by atoms with van der Waals surface area (Å²) >= 11 is 5.74. The molecular weight excluding hydrogens is 312 g/mol. The molecule has 9 heteroatoms. The quantitative estimate of drug-likeness (QED) is 0.652. The van der Waals surface area contributed by atoms with E-state index >= 15 is 0 Å². The van der Waals surface area contributed by atoms with Crippen LogP contribution in [0.5, 0.6) is 0 Å². The second-order valence-electron chi connectivity index (χ2n) is 5.53. The Morgan fingerprint density at radius 1 is 1.59 bits per heavy atom. The summed E-state index contributed by atoms with van der Waals surface area (Å²) in [5.74, 6) is 0.159. The lowest BCUT2D eigenvalue weighted by Crippen LogP contribution is -2.51.